The molecule has 30 heavy (non-hydrogen) atoms. The Bertz CT molecular complexity index is 1310. The van der Waals surface area contributed by atoms with Crippen molar-refractivity contribution in [2.75, 3.05) is 11.4 Å². The second kappa shape index (κ2) is 7.68. The van der Waals surface area contributed by atoms with E-state index < -0.39 is 0 Å². The summed E-state index contributed by atoms with van der Waals surface area (Å²) in [4.78, 5) is 34.6. The van der Waals surface area contributed by atoms with Crippen LogP contribution in [0, 0.1) is 0 Å². The van der Waals surface area contributed by atoms with Crippen molar-refractivity contribution in [1.29, 1.82) is 0 Å². The van der Waals surface area contributed by atoms with Gasteiger partial charge in [-0.25, -0.2) is 4.98 Å². The monoisotopic (exact) mass is 453 g/mol. The van der Waals surface area contributed by atoms with Crippen molar-refractivity contribution in [3.8, 4) is 10.4 Å². The third kappa shape index (κ3) is 3.19. The molecule has 152 valence electrons. The Hall–Kier alpha value is -2.42. The molecule has 1 aromatic carbocycles. The van der Waals surface area contributed by atoms with E-state index in [0.29, 0.717) is 17.1 Å². The fourth-order valence-electron chi connectivity index (χ4n) is 3.77. The molecular weight excluding hydrogens is 434 g/mol. The first-order valence-corrected chi connectivity index (χ1v) is 12.3. The van der Waals surface area contributed by atoms with Gasteiger partial charge in [0.05, 0.1) is 10.6 Å². The standard InChI is InChI=1S/C22H19N3O2S3/c1-13(20(26)25-10-9-14-6-3-4-7-16(14)25)30-22-23-19-18(21(27)24(22)2)15(12-29-19)17-8-5-11-28-17/h3-8,11-13H,9-10H2,1-2H3/t13-/m0/s1. The number of carbonyl (C=O) groups excluding carboxylic acids is 1. The van der Waals surface area contributed by atoms with Crippen LogP contribution in [0.4, 0.5) is 5.69 Å². The number of amides is 1. The summed E-state index contributed by atoms with van der Waals surface area (Å²) in [6.45, 7) is 2.58. The van der Waals surface area contributed by atoms with E-state index in [0.717, 1.165) is 27.4 Å². The molecular formula is C22H19N3O2S3. The molecule has 0 aliphatic carbocycles. The van der Waals surface area contributed by atoms with Gasteiger partial charge in [-0.1, -0.05) is 36.0 Å². The molecule has 5 rings (SSSR count). The third-order valence-corrected chi connectivity index (χ3v) is 8.25. The summed E-state index contributed by atoms with van der Waals surface area (Å²) in [5.74, 6) is 0.0461. The van der Waals surface area contributed by atoms with E-state index in [4.69, 9.17) is 4.98 Å². The Balaban J connectivity index is 1.45. The number of anilines is 1. The Morgan fingerprint density at radius 3 is 2.83 bits per heavy atom. The van der Waals surface area contributed by atoms with Crippen LogP contribution in [-0.2, 0) is 18.3 Å². The van der Waals surface area contributed by atoms with Crippen LogP contribution in [0.3, 0.4) is 0 Å². The molecule has 0 spiro atoms. The van der Waals surface area contributed by atoms with Gasteiger partial charge in [-0.05, 0) is 36.4 Å². The minimum atomic E-state index is -0.344. The van der Waals surface area contributed by atoms with E-state index in [1.807, 2.05) is 52.9 Å². The lowest BCUT2D eigenvalue weighted by molar-refractivity contribution is -0.117. The number of aromatic nitrogens is 2. The van der Waals surface area contributed by atoms with E-state index in [-0.39, 0.29) is 16.7 Å². The van der Waals surface area contributed by atoms with Crippen LogP contribution >= 0.6 is 34.4 Å². The van der Waals surface area contributed by atoms with Gasteiger partial charge in [-0.2, -0.15) is 0 Å². The maximum absolute atomic E-state index is 13.1. The third-order valence-electron chi connectivity index (χ3n) is 5.34. The van der Waals surface area contributed by atoms with Gasteiger partial charge in [0.15, 0.2) is 5.16 Å². The number of hydrogen-bond acceptors (Lipinski definition) is 6. The molecule has 1 atom stereocenters. The van der Waals surface area contributed by atoms with Crippen molar-refractivity contribution in [2.24, 2.45) is 7.05 Å². The van der Waals surface area contributed by atoms with Gasteiger partial charge in [0.2, 0.25) is 5.91 Å². The normalized spacial score (nSPS) is 14.3. The zero-order valence-electron chi connectivity index (χ0n) is 16.5. The first-order chi connectivity index (χ1) is 14.5. The van der Waals surface area contributed by atoms with Crippen molar-refractivity contribution >= 4 is 56.2 Å². The number of benzene rings is 1. The molecule has 4 aromatic rings. The Kier molecular flexibility index (Phi) is 5.00. The average molecular weight is 454 g/mol. The van der Waals surface area contributed by atoms with Crippen LogP contribution < -0.4 is 10.5 Å². The molecule has 0 saturated carbocycles. The summed E-state index contributed by atoms with van der Waals surface area (Å²) < 4.78 is 1.57. The lowest BCUT2D eigenvalue weighted by atomic mass is 10.2. The quantitative estimate of drug-likeness (QED) is 0.329. The van der Waals surface area contributed by atoms with Crippen molar-refractivity contribution < 1.29 is 4.79 Å². The van der Waals surface area contributed by atoms with Gasteiger partial charge in [-0.15, -0.1) is 22.7 Å². The highest BCUT2D eigenvalue weighted by atomic mass is 32.2. The average Bonchev–Trinajstić information content (AvgIpc) is 3.49. The summed E-state index contributed by atoms with van der Waals surface area (Å²) in [6.07, 6.45) is 0.878. The highest BCUT2D eigenvalue weighted by molar-refractivity contribution is 8.00. The molecule has 3 aromatic heterocycles. The molecule has 0 N–H and O–H groups in total. The molecule has 0 radical (unpaired) electrons. The number of para-hydroxylation sites is 1. The van der Waals surface area contributed by atoms with E-state index in [1.165, 1.54) is 28.7 Å². The molecule has 0 unspecified atom stereocenters. The molecule has 1 amide bonds. The molecule has 0 fully saturated rings. The zero-order valence-corrected chi connectivity index (χ0v) is 18.9. The Morgan fingerprint density at radius 1 is 1.20 bits per heavy atom. The number of thiophene rings is 2. The predicted octanol–water partition coefficient (Wildman–Crippen LogP) is 4.79. The molecule has 4 heterocycles. The summed E-state index contributed by atoms with van der Waals surface area (Å²) in [5.41, 5.74) is 3.06. The largest absolute Gasteiger partial charge is 0.311 e. The molecule has 1 aliphatic rings. The van der Waals surface area contributed by atoms with E-state index >= 15 is 0 Å². The smallest absolute Gasteiger partial charge is 0.263 e. The molecule has 5 nitrogen and oxygen atoms in total. The summed E-state index contributed by atoms with van der Waals surface area (Å²) in [7, 11) is 1.73. The molecule has 8 heteroatoms. The lowest BCUT2D eigenvalue weighted by Gasteiger charge is -2.21. The van der Waals surface area contributed by atoms with Crippen molar-refractivity contribution in [1.82, 2.24) is 9.55 Å². The van der Waals surface area contributed by atoms with Gasteiger partial charge < -0.3 is 4.90 Å². The van der Waals surface area contributed by atoms with Gasteiger partial charge in [0.25, 0.3) is 5.56 Å². The number of thioether (sulfide) groups is 1. The Morgan fingerprint density at radius 2 is 2.03 bits per heavy atom. The Labute approximate surface area is 186 Å². The second-order valence-electron chi connectivity index (χ2n) is 7.19. The topological polar surface area (TPSA) is 55.2 Å². The first kappa shape index (κ1) is 19.5. The van der Waals surface area contributed by atoms with Crippen LogP contribution in [0.2, 0.25) is 0 Å². The van der Waals surface area contributed by atoms with Gasteiger partial charge in [0.1, 0.15) is 4.83 Å². The van der Waals surface area contributed by atoms with Gasteiger partial charge >= 0.3 is 0 Å². The number of nitrogens with zero attached hydrogens (tertiary/aromatic N) is 3. The van der Waals surface area contributed by atoms with E-state index in [1.54, 1.807) is 23.0 Å². The minimum Gasteiger partial charge on any atom is -0.311 e. The van der Waals surface area contributed by atoms with Gasteiger partial charge in [0, 0.05) is 35.1 Å². The predicted molar refractivity (Wildman–Crippen MR) is 126 cm³/mol. The SMILES string of the molecule is C[C@H](Sc1nc2scc(-c3cccs3)c2c(=O)n1C)C(=O)N1CCc2ccccc21. The summed E-state index contributed by atoms with van der Waals surface area (Å²) in [6, 6.07) is 12.0. The number of hydrogen-bond donors (Lipinski definition) is 0. The van der Waals surface area contributed by atoms with E-state index in [9.17, 15) is 9.59 Å². The van der Waals surface area contributed by atoms with Crippen molar-refractivity contribution in [3.05, 3.63) is 63.1 Å². The number of carbonyl (C=O) groups is 1. The lowest BCUT2D eigenvalue weighted by Crippen LogP contribution is -2.35. The van der Waals surface area contributed by atoms with Crippen LogP contribution in [0.25, 0.3) is 20.7 Å². The van der Waals surface area contributed by atoms with Gasteiger partial charge in [-0.3, -0.25) is 14.2 Å². The first-order valence-electron chi connectivity index (χ1n) is 9.62. The maximum Gasteiger partial charge on any atom is 0.263 e. The van der Waals surface area contributed by atoms with Crippen LogP contribution in [0.15, 0.2) is 57.1 Å². The minimum absolute atomic E-state index is 0.0461. The summed E-state index contributed by atoms with van der Waals surface area (Å²) in [5, 5.41) is 4.88. The fourth-order valence-corrected chi connectivity index (χ4v) is 6.51. The highest BCUT2D eigenvalue weighted by Gasteiger charge is 2.29. The zero-order chi connectivity index (χ0) is 20.8. The molecule has 0 bridgehead atoms. The number of fused-ring (bicyclic) bond motifs is 2. The van der Waals surface area contributed by atoms with Crippen LogP contribution in [0.1, 0.15) is 12.5 Å². The fraction of sp³-hybridized carbons (Fsp3) is 0.227. The maximum atomic E-state index is 13.1. The second-order valence-corrected chi connectivity index (χ2v) is 10.3. The van der Waals surface area contributed by atoms with Crippen molar-refractivity contribution in [3.63, 3.8) is 0 Å². The van der Waals surface area contributed by atoms with Crippen LogP contribution in [0.5, 0.6) is 0 Å². The number of rotatable bonds is 4. The molecule has 0 saturated heterocycles. The van der Waals surface area contributed by atoms with Crippen molar-refractivity contribution in [2.45, 2.75) is 23.8 Å². The van der Waals surface area contributed by atoms with E-state index in [2.05, 4.69) is 6.07 Å². The summed E-state index contributed by atoms with van der Waals surface area (Å²) >= 11 is 4.43. The highest BCUT2D eigenvalue weighted by Crippen LogP contribution is 2.35. The molecule has 1 aliphatic heterocycles. The van der Waals surface area contributed by atoms with Crippen LogP contribution in [-0.4, -0.2) is 27.3 Å².